The molecule has 1 atom stereocenters. The van der Waals surface area contributed by atoms with Gasteiger partial charge in [0.25, 0.3) is 0 Å². The van der Waals surface area contributed by atoms with Crippen LogP contribution in [0.1, 0.15) is 30.1 Å². The number of Topliss-reactive ketones (excluding diaryl/α,β-unsaturated/α-hetero) is 1. The van der Waals surface area contributed by atoms with Crippen molar-refractivity contribution in [3.63, 3.8) is 0 Å². The summed E-state index contributed by atoms with van der Waals surface area (Å²) < 4.78 is 4.92. The van der Waals surface area contributed by atoms with Gasteiger partial charge in [-0.2, -0.15) is 0 Å². The number of likely N-dealkylation sites (N-methyl/N-ethyl adjacent to an activating group) is 1. The van der Waals surface area contributed by atoms with Crippen LogP contribution in [-0.4, -0.2) is 34.4 Å². The minimum atomic E-state index is -0.946. The molecule has 0 aliphatic carbocycles. The molecule has 21 heavy (non-hydrogen) atoms. The molecule has 0 aliphatic rings. The van der Waals surface area contributed by atoms with Crippen LogP contribution < -0.4 is 11.1 Å². The average Bonchev–Trinajstić information content (AvgIpc) is 2.81. The fourth-order valence-electron chi connectivity index (χ4n) is 2.14. The lowest BCUT2D eigenvalue weighted by Crippen LogP contribution is -2.37. The van der Waals surface area contributed by atoms with Gasteiger partial charge in [0, 0.05) is 12.0 Å². The number of hydrogen-bond acceptors (Lipinski definition) is 5. The van der Waals surface area contributed by atoms with E-state index in [2.05, 4.69) is 10.3 Å². The summed E-state index contributed by atoms with van der Waals surface area (Å²) in [7, 11) is 0. The molecule has 1 aromatic carbocycles. The minimum absolute atomic E-state index is 0.0924. The van der Waals surface area contributed by atoms with Crippen molar-refractivity contribution in [1.29, 1.82) is 0 Å². The predicted molar refractivity (Wildman–Crippen MR) is 75.5 cm³/mol. The molecule has 0 fully saturated rings. The molecule has 1 unspecified atom stereocenters. The largest absolute Gasteiger partial charge is 0.481 e. The number of hydrogen-bond donors (Lipinski definition) is 3. The Morgan fingerprint density at radius 1 is 1.43 bits per heavy atom. The molecule has 2 rings (SSSR count). The molecule has 2 aromatic rings. The number of carbonyl (C=O) groups excluding carboxylic acids is 1. The summed E-state index contributed by atoms with van der Waals surface area (Å²) in [4.78, 5) is 36.7. The van der Waals surface area contributed by atoms with E-state index in [1.54, 1.807) is 12.1 Å². The van der Waals surface area contributed by atoms with Gasteiger partial charge in [0.15, 0.2) is 11.4 Å². The van der Waals surface area contributed by atoms with Crippen molar-refractivity contribution in [2.24, 2.45) is 0 Å². The van der Waals surface area contributed by atoms with Crippen LogP contribution in [0.15, 0.2) is 27.4 Å². The highest BCUT2D eigenvalue weighted by Gasteiger charge is 2.20. The highest BCUT2D eigenvalue weighted by atomic mass is 16.4. The summed E-state index contributed by atoms with van der Waals surface area (Å²) in [6, 6.07) is 4.09. The highest BCUT2D eigenvalue weighted by Crippen LogP contribution is 2.15. The Morgan fingerprint density at radius 2 is 2.19 bits per heavy atom. The van der Waals surface area contributed by atoms with Gasteiger partial charge >= 0.3 is 11.7 Å². The van der Waals surface area contributed by atoms with Crippen molar-refractivity contribution < 1.29 is 19.1 Å². The summed E-state index contributed by atoms with van der Waals surface area (Å²) >= 11 is 0. The number of oxazole rings is 1. The molecule has 7 heteroatoms. The van der Waals surface area contributed by atoms with E-state index in [-0.39, 0.29) is 18.6 Å². The van der Waals surface area contributed by atoms with Gasteiger partial charge in [-0.25, -0.2) is 4.79 Å². The van der Waals surface area contributed by atoms with Crippen molar-refractivity contribution in [1.82, 2.24) is 10.3 Å². The molecular formula is C14H16N2O5. The van der Waals surface area contributed by atoms with Gasteiger partial charge in [-0.05, 0) is 31.2 Å². The topological polar surface area (TPSA) is 112 Å². The number of carbonyl (C=O) groups is 2. The third-order valence-electron chi connectivity index (χ3n) is 3.12. The van der Waals surface area contributed by atoms with Crippen molar-refractivity contribution >= 4 is 22.9 Å². The molecule has 7 nitrogen and oxygen atoms in total. The number of aromatic nitrogens is 1. The molecule has 0 bridgehead atoms. The van der Waals surface area contributed by atoms with Crippen LogP contribution in [-0.2, 0) is 4.79 Å². The summed E-state index contributed by atoms with van der Waals surface area (Å²) in [5, 5.41) is 11.7. The number of benzene rings is 1. The average molecular weight is 292 g/mol. The minimum Gasteiger partial charge on any atom is -0.481 e. The number of rotatable bonds is 7. The van der Waals surface area contributed by atoms with E-state index in [0.717, 1.165) is 0 Å². The molecule has 0 amide bonds. The van der Waals surface area contributed by atoms with E-state index >= 15 is 0 Å². The summed E-state index contributed by atoms with van der Waals surface area (Å²) in [6.07, 6.45) is 0.113. The van der Waals surface area contributed by atoms with E-state index in [1.807, 2.05) is 6.92 Å². The van der Waals surface area contributed by atoms with Gasteiger partial charge in [0.05, 0.1) is 11.6 Å². The van der Waals surface area contributed by atoms with Crippen LogP contribution in [0.4, 0.5) is 0 Å². The van der Waals surface area contributed by atoms with Crippen molar-refractivity contribution in [3.8, 4) is 0 Å². The number of ketones is 1. The van der Waals surface area contributed by atoms with Crippen molar-refractivity contribution in [2.75, 3.05) is 6.54 Å². The van der Waals surface area contributed by atoms with E-state index in [9.17, 15) is 14.4 Å². The summed E-state index contributed by atoms with van der Waals surface area (Å²) in [5.41, 5.74) is 1.20. The van der Waals surface area contributed by atoms with Crippen LogP contribution in [0.5, 0.6) is 0 Å². The van der Waals surface area contributed by atoms with Crippen LogP contribution >= 0.6 is 0 Å². The molecule has 0 spiro atoms. The van der Waals surface area contributed by atoms with Crippen molar-refractivity contribution in [3.05, 3.63) is 34.3 Å². The molecule has 0 aliphatic heterocycles. The number of aliphatic carboxylic acids is 1. The van der Waals surface area contributed by atoms with Gasteiger partial charge in [0.2, 0.25) is 0 Å². The van der Waals surface area contributed by atoms with Crippen LogP contribution in [0.3, 0.4) is 0 Å². The number of nitrogens with one attached hydrogen (secondary N) is 2. The van der Waals surface area contributed by atoms with Crippen LogP contribution in [0.2, 0.25) is 0 Å². The Bertz CT molecular complexity index is 715. The SMILES string of the molecule is CCNC(CCC(=O)O)C(=O)c1ccc2[nH]c(=O)oc2c1. The normalized spacial score (nSPS) is 12.4. The van der Waals surface area contributed by atoms with Gasteiger partial charge in [-0.15, -0.1) is 0 Å². The van der Waals surface area contributed by atoms with Gasteiger partial charge < -0.3 is 14.8 Å². The lowest BCUT2D eigenvalue weighted by Gasteiger charge is -2.15. The lowest BCUT2D eigenvalue weighted by molar-refractivity contribution is -0.137. The third-order valence-corrected chi connectivity index (χ3v) is 3.12. The second kappa shape index (κ2) is 6.36. The number of H-pyrrole nitrogens is 1. The maximum absolute atomic E-state index is 12.4. The zero-order valence-corrected chi connectivity index (χ0v) is 11.5. The molecular weight excluding hydrogens is 276 g/mol. The molecule has 112 valence electrons. The summed E-state index contributed by atoms with van der Waals surface area (Å²) in [6.45, 7) is 2.40. The fraction of sp³-hybridized carbons (Fsp3) is 0.357. The Kier molecular flexibility index (Phi) is 4.54. The standard InChI is InChI=1S/C14H16N2O5/c1-2-15-10(5-6-12(17)18)13(19)8-3-4-9-11(7-8)21-14(20)16-9/h3-4,7,10,15H,2,5-6H2,1H3,(H,16,20)(H,17,18). The molecule has 1 heterocycles. The zero-order valence-electron chi connectivity index (χ0n) is 11.5. The maximum atomic E-state index is 12.4. The maximum Gasteiger partial charge on any atom is 0.417 e. The molecule has 0 radical (unpaired) electrons. The Morgan fingerprint density at radius 3 is 2.86 bits per heavy atom. The fourth-order valence-corrected chi connectivity index (χ4v) is 2.14. The summed E-state index contributed by atoms with van der Waals surface area (Å²) in [5.74, 6) is -1.75. The number of aromatic amines is 1. The first-order chi connectivity index (χ1) is 10.0. The second-order valence-corrected chi connectivity index (χ2v) is 4.63. The predicted octanol–water partition coefficient (Wildman–Crippen LogP) is 1.15. The molecule has 0 saturated carbocycles. The molecule has 3 N–H and O–H groups in total. The Hall–Kier alpha value is -2.41. The zero-order chi connectivity index (χ0) is 15.4. The number of carboxylic acid groups (broad SMARTS) is 1. The third kappa shape index (κ3) is 3.57. The quantitative estimate of drug-likeness (QED) is 0.660. The van der Waals surface area contributed by atoms with Crippen molar-refractivity contribution in [2.45, 2.75) is 25.8 Å². The first-order valence-corrected chi connectivity index (χ1v) is 6.63. The second-order valence-electron chi connectivity index (χ2n) is 4.63. The van der Waals surface area contributed by atoms with E-state index in [1.165, 1.54) is 6.07 Å². The van der Waals surface area contributed by atoms with E-state index in [4.69, 9.17) is 9.52 Å². The molecule has 1 aromatic heterocycles. The Balaban J connectivity index is 2.24. The first kappa shape index (κ1) is 15.0. The van der Waals surface area contributed by atoms with Gasteiger partial charge in [-0.3, -0.25) is 14.6 Å². The first-order valence-electron chi connectivity index (χ1n) is 6.63. The smallest absolute Gasteiger partial charge is 0.417 e. The Labute approximate surface area is 120 Å². The lowest BCUT2D eigenvalue weighted by atomic mass is 10.00. The van der Waals surface area contributed by atoms with Gasteiger partial charge in [-0.1, -0.05) is 6.92 Å². The van der Waals surface area contributed by atoms with E-state index in [0.29, 0.717) is 23.2 Å². The monoisotopic (exact) mass is 292 g/mol. The van der Waals surface area contributed by atoms with Crippen LogP contribution in [0.25, 0.3) is 11.1 Å². The highest BCUT2D eigenvalue weighted by molar-refractivity contribution is 6.02. The number of carboxylic acids is 1. The van der Waals surface area contributed by atoms with Crippen LogP contribution in [0, 0.1) is 0 Å². The van der Waals surface area contributed by atoms with E-state index < -0.39 is 17.8 Å². The molecule has 0 saturated heterocycles. The van der Waals surface area contributed by atoms with Gasteiger partial charge in [0.1, 0.15) is 0 Å². The number of fused-ring (bicyclic) bond motifs is 1.